The Morgan fingerprint density at radius 3 is 2.62 bits per heavy atom. The first-order chi connectivity index (χ1) is 6.04. The fraction of sp³-hybridized carbons (Fsp3) is 0.625. The van der Waals surface area contributed by atoms with Crippen molar-refractivity contribution in [2.75, 3.05) is 0 Å². The minimum absolute atomic E-state index is 0.0850. The summed E-state index contributed by atoms with van der Waals surface area (Å²) >= 11 is 0. The Bertz CT molecular complexity index is 318. The lowest BCUT2D eigenvalue weighted by Gasteiger charge is -2.14. The predicted molar refractivity (Wildman–Crippen MR) is 38.2 cm³/mol. The molecule has 2 atom stereocenters. The number of rotatable bonds is 0. The molecule has 0 saturated carbocycles. The van der Waals surface area contributed by atoms with Crippen molar-refractivity contribution in [3.8, 4) is 6.07 Å². The van der Waals surface area contributed by atoms with Gasteiger partial charge in [-0.15, -0.1) is 4.48 Å². The number of nitrogens with zero attached hydrogens (tertiary/aromatic N) is 2. The Hall–Kier alpha value is -1.02. The van der Waals surface area contributed by atoms with Crippen LogP contribution in [0.25, 0.3) is 0 Å². The zero-order valence-electron chi connectivity index (χ0n) is 6.73. The molecule has 2 rings (SSSR count). The van der Waals surface area contributed by atoms with E-state index in [-0.39, 0.29) is 12.0 Å². The van der Waals surface area contributed by atoms with E-state index in [0.717, 1.165) is 6.08 Å². The van der Waals surface area contributed by atoms with Crippen LogP contribution in [-0.4, -0.2) is 16.7 Å². The Kier molecular flexibility index (Phi) is 1.49. The summed E-state index contributed by atoms with van der Waals surface area (Å²) in [6, 6.07) is -1.61. The highest BCUT2D eigenvalue weighted by Gasteiger charge is 2.80. The maximum absolute atomic E-state index is 12.8. The Morgan fingerprint density at radius 2 is 2.15 bits per heavy atom. The molecule has 1 saturated heterocycles. The van der Waals surface area contributed by atoms with E-state index in [1.165, 1.54) is 0 Å². The van der Waals surface area contributed by atoms with Gasteiger partial charge in [0.05, 0.1) is 6.07 Å². The van der Waals surface area contributed by atoms with Crippen LogP contribution in [0.2, 0.25) is 0 Å². The topological polar surface area (TPSA) is 26.8 Å². The van der Waals surface area contributed by atoms with Gasteiger partial charge in [-0.2, -0.15) is 14.0 Å². The third kappa shape index (κ3) is 0.866. The second-order valence-corrected chi connectivity index (χ2v) is 3.38. The third-order valence-electron chi connectivity index (χ3n) is 2.63. The van der Waals surface area contributed by atoms with Gasteiger partial charge in [-0.05, 0) is 25.3 Å². The molecule has 0 aromatic carbocycles. The lowest BCUT2D eigenvalue weighted by molar-refractivity contribution is -0.0306. The number of nitriles is 1. The molecule has 0 amide bonds. The van der Waals surface area contributed by atoms with E-state index >= 15 is 0 Å². The summed E-state index contributed by atoms with van der Waals surface area (Å²) < 4.78 is 38.2. The normalized spacial score (nSPS) is 41.1. The van der Waals surface area contributed by atoms with E-state index in [1.54, 1.807) is 6.07 Å². The smallest absolute Gasteiger partial charge is 0.193 e. The highest BCUT2D eigenvalue weighted by molar-refractivity contribution is 5.36. The molecule has 0 aromatic rings. The molecule has 1 aliphatic carbocycles. The fourth-order valence-corrected chi connectivity index (χ4v) is 1.79. The van der Waals surface area contributed by atoms with E-state index in [1.807, 2.05) is 0 Å². The Morgan fingerprint density at radius 1 is 1.54 bits per heavy atom. The van der Waals surface area contributed by atoms with Crippen molar-refractivity contribution >= 4 is 0 Å². The van der Waals surface area contributed by atoms with Gasteiger partial charge < -0.3 is 0 Å². The predicted octanol–water partition coefficient (Wildman–Crippen LogP) is 2.15. The molecule has 0 aromatic heterocycles. The molecule has 2 nitrogen and oxygen atoms in total. The first-order valence-corrected chi connectivity index (χ1v) is 4.00. The van der Waals surface area contributed by atoms with Crippen LogP contribution < -0.4 is 0 Å². The van der Waals surface area contributed by atoms with Gasteiger partial charge in [0.25, 0.3) is 0 Å². The van der Waals surface area contributed by atoms with Gasteiger partial charge >= 0.3 is 6.05 Å². The number of hydrogen-bond acceptors (Lipinski definition) is 2. The molecule has 70 valence electrons. The fourth-order valence-electron chi connectivity index (χ4n) is 1.79. The maximum Gasteiger partial charge on any atom is 0.355 e. The molecule has 2 aliphatic rings. The number of allylic oxidation sites excluding steroid dienone is 1. The van der Waals surface area contributed by atoms with Crippen LogP contribution in [0.15, 0.2) is 11.6 Å². The molecule has 1 spiro atoms. The highest BCUT2D eigenvalue weighted by atomic mass is 19.3. The van der Waals surface area contributed by atoms with Crippen LogP contribution in [0.4, 0.5) is 13.3 Å². The zero-order chi connectivity index (χ0) is 9.69. The molecule has 0 radical (unpaired) electrons. The van der Waals surface area contributed by atoms with Crippen molar-refractivity contribution in [1.82, 2.24) is 5.12 Å². The molecular weight excluding hydrogens is 181 g/mol. The molecule has 13 heavy (non-hydrogen) atoms. The Labute approximate surface area is 73.2 Å². The quantitative estimate of drug-likeness (QED) is 0.331. The molecule has 0 bridgehead atoms. The van der Waals surface area contributed by atoms with Crippen molar-refractivity contribution < 1.29 is 13.3 Å². The Balaban J connectivity index is 2.33. The van der Waals surface area contributed by atoms with Crippen LogP contribution >= 0.6 is 0 Å². The van der Waals surface area contributed by atoms with Gasteiger partial charge in [-0.1, -0.05) is 5.12 Å². The standard InChI is InChI=1S/C8H7F3N2/c9-8(10)7(13(8)11)3-1-2-6(4-7)5-12/h4H,1-3H2. The zero-order valence-corrected chi connectivity index (χ0v) is 6.73. The van der Waals surface area contributed by atoms with Gasteiger partial charge in [0.1, 0.15) is 0 Å². The SMILES string of the molecule is N#CC1=CC2(CCC1)N(F)C2(F)F. The second kappa shape index (κ2) is 2.26. The average Bonchev–Trinajstić information content (AvgIpc) is 2.52. The molecule has 5 heteroatoms. The highest BCUT2D eigenvalue weighted by Crippen LogP contribution is 2.60. The molecule has 1 aliphatic heterocycles. The minimum atomic E-state index is -3.41. The summed E-state index contributed by atoms with van der Waals surface area (Å²) in [6.07, 6.45) is 2.07. The van der Waals surface area contributed by atoms with Crippen molar-refractivity contribution in [3.05, 3.63) is 11.6 Å². The second-order valence-electron chi connectivity index (χ2n) is 3.38. The summed E-state index contributed by atoms with van der Waals surface area (Å²) in [5.41, 5.74) is -1.54. The van der Waals surface area contributed by atoms with Crippen LogP contribution in [-0.2, 0) is 0 Å². The van der Waals surface area contributed by atoms with Crippen LogP contribution in [0, 0.1) is 11.3 Å². The van der Waals surface area contributed by atoms with Gasteiger partial charge in [-0.3, -0.25) is 0 Å². The van der Waals surface area contributed by atoms with Gasteiger partial charge in [0.2, 0.25) is 0 Å². The van der Waals surface area contributed by atoms with E-state index in [0.29, 0.717) is 12.8 Å². The first-order valence-electron chi connectivity index (χ1n) is 4.00. The summed E-state index contributed by atoms with van der Waals surface area (Å²) in [5.74, 6) is 0. The van der Waals surface area contributed by atoms with Crippen molar-refractivity contribution in [1.29, 1.82) is 5.26 Å². The molecule has 1 fully saturated rings. The first kappa shape index (κ1) is 8.57. The van der Waals surface area contributed by atoms with Gasteiger partial charge in [-0.25, -0.2) is 0 Å². The summed E-state index contributed by atoms with van der Waals surface area (Å²) in [5, 5.41) is 8.04. The largest absolute Gasteiger partial charge is 0.355 e. The lowest BCUT2D eigenvalue weighted by Crippen LogP contribution is -2.20. The van der Waals surface area contributed by atoms with E-state index < -0.39 is 16.7 Å². The van der Waals surface area contributed by atoms with Crippen molar-refractivity contribution in [3.63, 3.8) is 0 Å². The lowest BCUT2D eigenvalue weighted by atomic mass is 9.90. The maximum atomic E-state index is 12.8. The number of halogens is 3. The van der Waals surface area contributed by atoms with Gasteiger partial charge in [0.15, 0.2) is 5.54 Å². The van der Waals surface area contributed by atoms with Crippen LogP contribution in [0.1, 0.15) is 19.3 Å². The molecule has 2 unspecified atom stereocenters. The molecule has 1 heterocycles. The van der Waals surface area contributed by atoms with E-state index in [9.17, 15) is 13.3 Å². The molecular formula is C8H7F3N2. The number of alkyl halides is 2. The summed E-state index contributed by atoms with van der Waals surface area (Å²) in [7, 11) is 0. The average molecular weight is 188 g/mol. The monoisotopic (exact) mass is 188 g/mol. The van der Waals surface area contributed by atoms with Crippen LogP contribution in [0.5, 0.6) is 0 Å². The summed E-state index contributed by atoms with van der Waals surface area (Å²) in [4.78, 5) is 0. The summed E-state index contributed by atoms with van der Waals surface area (Å²) in [6.45, 7) is 0. The van der Waals surface area contributed by atoms with Crippen LogP contribution in [0.3, 0.4) is 0 Å². The van der Waals surface area contributed by atoms with Gasteiger partial charge in [0, 0.05) is 5.57 Å². The van der Waals surface area contributed by atoms with Crippen molar-refractivity contribution in [2.45, 2.75) is 30.8 Å². The van der Waals surface area contributed by atoms with E-state index in [4.69, 9.17) is 5.26 Å². The van der Waals surface area contributed by atoms with Crippen molar-refractivity contribution in [2.24, 2.45) is 0 Å². The minimum Gasteiger partial charge on any atom is -0.193 e. The third-order valence-corrected chi connectivity index (χ3v) is 2.63. The molecule has 0 N–H and O–H groups in total. The van der Waals surface area contributed by atoms with E-state index in [2.05, 4.69) is 0 Å². The number of hydrogen-bond donors (Lipinski definition) is 0.